The fraction of sp³-hybridized carbons (Fsp3) is 0.0952. The van der Waals surface area contributed by atoms with Gasteiger partial charge in [0.2, 0.25) is 0 Å². The summed E-state index contributed by atoms with van der Waals surface area (Å²) in [6, 6.07) is 15.6. The quantitative estimate of drug-likeness (QED) is 0.692. The molecule has 3 aromatic carbocycles. The Kier molecular flexibility index (Phi) is 4.24. The molecule has 0 saturated carbocycles. The third-order valence-corrected chi connectivity index (χ3v) is 4.42. The Morgan fingerprint density at radius 2 is 1.67 bits per heavy atom. The van der Waals surface area contributed by atoms with Crippen LogP contribution in [0.25, 0.3) is 0 Å². The molecule has 0 unspecified atom stereocenters. The zero-order valence-corrected chi connectivity index (χ0v) is 14.4. The van der Waals surface area contributed by atoms with Gasteiger partial charge in [-0.3, -0.25) is 4.79 Å². The Balaban J connectivity index is 1.60. The molecule has 0 saturated heterocycles. The number of halogens is 2. The van der Waals surface area contributed by atoms with Gasteiger partial charge < -0.3 is 15.4 Å². The number of aryl methyl sites for hydroxylation is 1. The van der Waals surface area contributed by atoms with Crippen LogP contribution in [0.2, 0.25) is 0 Å². The molecule has 0 fully saturated rings. The lowest BCUT2D eigenvalue weighted by atomic mass is 10.0. The molecule has 0 aromatic heterocycles. The highest BCUT2D eigenvalue weighted by atomic mass is 19.1. The van der Waals surface area contributed by atoms with Crippen molar-refractivity contribution in [1.82, 2.24) is 5.32 Å². The van der Waals surface area contributed by atoms with Gasteiger partial charge in [-0.25, -0.2) is 8.78 Å². The monoisotopic (exact) mass is 366 g/mol. The highest BCUT2D eigenvalue weighted by Gasteiger charge is 2.26. The molecule has 0 bridgehead atoms. The number of carbonyl (C=O) groups is 1. The lowest BCUT2D eigenvalue weighted by Gasteiger charge is -2.29. The van der Waals surface area contributed by atoms with Gasteiger partial charge in [-0.05, 0) is 48.4 Å². The standard InChI is InChI=1S/C21H16F2N2O2/c1-12-5-4-7-16-19(12)21(26)25-20(24-16)13-9-10-18(15(23)11-13)27-17-8-3-2-6-14(17)22/h2-11,20,24H,1H3,(H,25,26)/t20-/m0/s1. The van der Waals surface area contributed by atoms with Crippen molar-refractivity contribution < 1.29 is 18.3 Å². The van der Waals surface area contributed by atoms with Gasteiger partial charge >= 0.3 is 0 Å². The van der Waals surface area contributed by atoms with Crippen LogP contribution in [0.4, 0.5) is 14.5 Å². The Morgan fingerprint density at radius 3 is 2.44 bits per heavy atom. The van der Waals surface area contributed by atoms with E-state index in [9.17, 15) is 13.6 Å². The first-order valence-electron chi connectivity index (χ1n) is 8.42. The van der Waals surface area contributed by atoms with Crippen molar-refractivity contribution >= 4 is 11.6 Å². The van der Waals surface area contributed by atoms with E-state index >= 15 is 0 Å². The summed E-state index contributed by atoms with van der Waals surface area (Å²) in [6.07, 6.45) is -0.580. The molecule has 3 aromatic rings. The van der Waals surface area contributed by atoms with Crippen molar-refractivity contribution in [2.24, 2.45) is 0 Å². The number of anilines is 1. The lowest BCUT2D eigenvalue weighted by Crippen LogP contribution is -2.39. The maximum atomic E-state index is 14.5. The SMILES string of the molecule is Cc1cccc2c1C(=O)N[C@@H](c1ccc(Oc3ccccc3F)c(F)c1)N2. The molecule has 0 spiro atoms. The van der Waals surface area contributed by atoms with Gasteiger partial charge in [0.15, 0.2) is 23.1 Å². The van der Waals surface area contributed by atoms with E-state index in [1.54, 1.807) is 18.2 Å². The fourth-order valence-corrected chi connectivity index (χ4v) is 3.08. The molecule has 6 heteroatoms. The summed E-state index contributed by atoms with van der Waals surface area (Å²) in [6.45, 7) is 1.86. The number of ether oxygens (including phenoxy) is 1. The van der Waals surface area contributed by atoms with Gasteiger partial charge in [0, 0.05) is 5.69 Å². The minimum Gasteiger partial charge on any atom is -0.451 e. The minimum absolute atomic E-state index is 0.0577. The van der Waals surface area contributed by atoms with Crippen molar-refractivity contribution in [1.29, 1.82) is 0 Å². The van der Waals surface area contributed by atoms with Crippen LogP contribution in [-0.4, -0.2) is 5.91 Å². The van der Waals surface area contributed by atoms with Gasteiger partial charge in [-0.15, -0.1) is 0 Å². The van der Waals surface area contributed by atoms with Crippen molar-refractivity contribution in [3.8, 4) is 11.5 Å². The molecule has 1 aliphatic rings. The molecule has 27 heavy (non-hydrogen) atoms. The summed E-state index contributed by atoms with van der Waals surface area (Å²) in [7, 11) is 0. The number of amides is 1. The van der Waals surface area contributed by atoms with E-state index in [0.29, 0.717) is 16.8 Å². The number of hydrogen-bond donors (Lipinski definition) is 2. The first-order valence-corrected chi connectivity index (χ1v) is 8.42. The zero-order valence-electron chi connectivity index (χ0n) is 14.4. The Morgan fingerprint density at radius 1 is 0.889 bits per heavy atom. The fourth-order valence-electron chi connectivity index (χ4n) is 3.08. The highest BCUT2D eigenvalue weighted by molar-refractivity contribution is 6.03. The van der Waals surface area contributed by atoms with Crippen LogP contribution in [-0.2, 0) is 0 Å². The zero-order chi connectivity index (χ0) is 19.0. The summed E-state index contributed by atoms with van der Waals surface area (Å²) in [5, 5.41) is 6.01. The van der Waals surface area contributed by atoms with Gasteiger partial charge in [0.1, 0.15) is 6.17 Å². The number of nitrogens with one attached hydrogen (secondary N) is 2. The van der Waals surface area contributed by atoms with E-state index in [1.807, 2.05) is 19.1 Å². The smallest absolute Gasteiger partial charge is 0.255 e. The van der Waals surface area contributed by atoms with E-state index in [0.717, 1.165) is 5.56 Å². The second-order valence-corrected chi connectivity index (χ2v) is 6.27. The molecule has 0 aliphatic carbocycles. The summed E-state index contributed by atoms with van der Waals surface area (Å²) in [5.41, 5.74) is 2.65. The second-order valence-electron chi connectivity index (χ2n) is 6.27. The normalized spacial score (nSPS) is 15.5. The van der Waals surface area contributed by atoms with Gasteiger partial charge in [-0.1, -0.05) is 30.3 Å². The third-order valence-electron chi connectivity index (χ3n) is 4.42. The van der Waals surface area contributed by atoms with E-state index in [2.05, 4.69) is 10.6 Å². The van der Waals surface area contributed by atoms with E-state index < -0.39 is 17.8 Å². The number of fused-ring (bicyclic) bond motifs is 1. The molecule has 2 N–H and O–H groups in total. The van der Waals surface area contributed by atoms with Gasteiger partial charge in [0.25, 0.3) is 5.91 Å². The molecular formula is C21H16F2N2O2. The van der Waals surface area contributed by atoms with Gasteiger partial charge in [0.05, 0.1) is 5.56 Å². The Bertz CT molecular complexity index is 1040. The van der Waals surface area contributed by atoms with E-state index in [-0.39, 0.29) is 17.4 Å². The average Bonchev–Trinajstić information content (AvgIpc) is 2.65. The molecule has 4 rings (SSSR count). The minimum atomic E-state index is -0.651. The molecule has 1 heterocycles. The molecule has 1 amide bonds. The van der Waals surface area contributed by atoms with Crippen LogP contribution in [0.15, 0.2) is 60.7 Å². The molecule has 0 radical (unpaired) electrons. The Labute approximate surface area is 154 Å². The largest absolute Gasteiger partial charge is 0.451 e. The molecule has 1 atom stereocenters. The maximum Gasteiger partial charge on any atom is 0.255 e. The number of hydrogen-bond acceptors (Lipinski definition) is 3. The van der Waals surface area contributed by atoms with E-state index in [4.69, 9.17) is 4.74 Å². The van der Waals surface area contributed by atoms with Crippen LogP contribution in [0.1, 0.15) is 27.7 Å². The van der Waals surface area contributed by atoms with E-state index in [1.165, 1.54) is 30.3 Å². The molecular weight excluding hydrogens is 350 g/mol. The number of benzene rings is 3. The number of rotatable bonds is 3. The van der Waals surface area contributed by atoms with Crippen LogP contribution in [0, 0.1) is 18.6 Å². The predicted octanol–water partition coefficient (Wildman–Crippen LogP) is 4.92. The summed E-state index contributed by atoms with van der Waals surface area (Å²) >= 11 is 0. The van der Waals surface area contributed by atoms with Crippen molar-refractivity contribution in [2.75, 3.05) is 5.32 Å². The maximum absolute atomic E-state index is 14.5. The molecule has 4 nitrogen and oxygen atoms in total. The first-order chi connectivity index (χ1) is 13.0. The van der Waals surface area contributed by atoms with Crippen molar-refractivity contribution in [3.05, 3.63) is 89.0 Å². The summed E-state index contributed by atoms with van der Waals surface area (Å²) in [4.78, 5) is 12.4. The number of para-hydroxylation sites is 1. The third kappa shape index (κ3) is 3.21. The summed E-state index contributed by atoms with van der Waals surface area (Å²) < 4.78 is 33.5. The second kappa shape index (κ2) is 6.72. The average molecular weight is 366 g/mol. The van der Waals surface area contributed by atoms with Crippen LogP contribution in [0.5, 0.6) is 11.5 Å². The summed E-state index contributed by atoms with van der Waals surface area (Å²) in [5.74, 6) is -1.60. The Hall–Kier alpha value is -3.41. The van der Waals surface area contributed by atoms with Gasteiger partial charge in [-0.2, -0.15) is 0 Å². The van der Waals surface area contributed by atoms with Crippen molar-refractivity contribution in [3.63, 3.8) is 0 Å². The van der Waals surface area contributed by atoms with Crippen LogP contribution < -0.4 is 15.4 Å². The highest BCUT2D eigenvalue weighted by Crippen LogP contribution is 2.32. The first kappa shape index (κ1) is 17.0. The van der Waals surface area contributed by atoms with Crippen molar-refractivity contribution in [2.45, 2.75) is 13.1 Å². The topological polar surface area (TPSA) is 50.4 Å². The van der Waals surface area contributed by atoms with Crippen LogP contribution in [0.3, 0.4) is 0 Å². The molecule has 1 aliphatic heterocycles. The predicted molar refractivity (Wildman–Crippen MR) is 97.9 cm³/mol. The number of carbonyl (C=O) groups excluding carboxylic acids is 1. The molecule has 136 valence electrons. The lowest BCUT2D eigenvalue weighted by molar-refractivity contribution is 0.0935. The van der Waals surface area contributed by atoms with Crippen LogP contribution >= 0.6 is 0 Å².